The van der Waals surface area contributed by atoms with Gasteiger partial charge in [0.2, 0.25) is 0 Å². The van der Waals surface area contributed by atoms with Crippen molar-refractivity contribution in [1.82, 2.24) is 10.0 Å². The quantitative estimate of drug-likeness (QED) is 0.257. The Labute approximate surface area is 190 Å². The second-order valence-electron chi connectivity index (χ2n) is 10.0. The summed E-state index contributed by atoms with van der Waals surface area (Å²) in [5.74, 6) is 2.24. The fourth-order valence-electron chi connectivity index (χ4n) is 5.00. The molecule has 1 aromatic carbocycles. The number of nitro benzene ring substituents is 1. The van der Waals surface area contributed by atoms with Gasteiger partial charge in [-0.15, -0.1) is 0 Å². The van der Waals surface area contributed by atoms with E-state index in [1.165, 1.54) is 36.9 Å². The van der Waals surface area contributed by atoms with E-state index in [4.69, 9.17) is 0 Å². The molecule has 0 amide bonds. The van der Waals surface area contributed by atoms with Crippen molar-refractivity contribution >= 4 is 23.9 Å². The molecule has 174 valence electrons. The number of benzene rings is 1. The zero-order valence-corrected chi connectivity index (χ0v) is 20.3. The second kappa shape index (κ2) is 10.4. The van der Waals surface area contributed by atoms with Crippen molar-refractivity contribution in [2.75, 3.05) is 7.05 Å². The number of carbonyl (C=O) groups is 1. The molecule has 8 heteroatoms. The van der Waals surface area contributed by atoms with Gasteiger partial charge in [0.25, 0.3) is 5.69 Å². The van der Waals surface area contributed by atoms with E-state index >= 15 is 0 Å². The summed E-state index contributed by atoms with van der Waals surface area (Å²) in [6.45, 7) is 9.69. The minimum absolute atomic E-state index is 0.0452. The summed E-state index contributed by atoms with van der Waals surface area (Å²) in [7, 11) is 2.06. The van der Waals surface area contributed by atoms with Crippen molar-refractivity contribution in [3.05, 3.63) is 33.9 Å². The number of nitro groups is 1. The number of aryl methyl sites for hydroxylation is 1. The van der Waals surface area contributed by atoms with E-state index in [0.717, 1.165) is 41.4 Å². The van der Waals surface area contributed by atoms with Gasteiger partial charge < -0.3 is 15.2 Å². The first-order valence-electron chi connectivity index (χ1n) is 10.9. The molecule has 2 fully saturated rings. The lowest BCUT2D eigenvalue weighted by Crippen LogP contribution is -2.51. The van der Waals surface area contributed by atoms with E-state index in [1.807, 2.05) is 13.8 Å². The number of nitrogens with zero attached hydrogens (tertiary/aromatic N) is 1. The molecular formula is C23H37N3O4S. The molecule has 0 heterocycles. The third-order valence-corrected chi connectivity index (χ3v) is 7.61. The Hall–Kier alpha value is -1.48. The van der Waals surface area contributed by atoms with Gasteiger partial charge in [-0.2, -0.15) is 0 Å². The highest BCUT2D eigenvalue weighted by Crippen LogP contribution is 2.46. The molecule has 2 saturated carbocycles. The largest absolute Gasteiger partial charge is 0.390 e. The Morgan fingerprint density at radius 3 is 2.58 bits per heavy atom. The van der Waals surface area contributed by atoms with Crippen LogP contribution in [0, 0.1) is 34.8 Å². The summed E-state index contributed by atoms with van der Waals surface area (Å²) in [5.41, 5.74) is -0.0940. The van der Waals surface area contributed by atoms with Crippen molar-refractivity contribution in [2.45, 2.75) is 82.4 Å². The summed E-state index contributed by atoms with van der Waals surface area (Å²) in [6, 6.07) is 5.27. The molecular weight excluding hydrogens is 414 g/mol. The first-order chi connectivity index (χ1) is 14.4. The summed E-state index contributed by atoms with van der Waals surface area (Å²) >= 11 is 1.22. The lowest BCUT2D eigenvalue weighted by Gasteiger charge is -2.49. The number of nitrogens with one attached hydrogen (secondary N) is 2. The van der Waals surface area contributed by atoms with Crippen LogP contribution in [0.5, 0.6) is 0 Å². The van der Waals surface area contributed by atoms with Gasteiger partial charge in [-0.05, 0) is 95.7 Å². The SMILES string of the molecule is CNC1C(C)CC2CC1CC(C)(O)C2.Cc1ccc([N+](=O)[O-])cc1SNC(C)(C)C=O. The number of non-ortho nitro benzene ring substituents is 1. The van der Waals surface area contributed by atoms with Crippen LogP contribution >= 0.6 is 11.9 Å². The van der Waals surface area contributed by atoms with E-state index in [1.54, 1.807) is 19.9 Å². The predicted molar refractivity (Wildman–Crippen MR) is 125 cm³/mol. The standard InChI is InChI=1S/C12H23NO.C11H14N2O3S/c1-8-4-9-5-10(11(8)13-3)7-12(2,14)6-9;1-8-4-5-9(13(15)16)6-10(8)17-12-11(2,3)7-14/h8-11,13-14H,4-7H2,1-3H3;4-7,12H,1-3H3. The Morgan fingerprint density at radius 2 is 2.00 bits per heavy atom. The minimum atomic E-state index is -0.665. The number of hydrogen-bond acceptors (Lipinski definition) is 7. The third kappa shape index (κ3) is 7.27. The lowest BCUT2D eigenvalue weighted by atomic mass is 9.61. The number of aliphatic hydroxyl groups is 1. The molecule has 31 heavy (non-hydrogen) atoms. The fourth-order valence-corrected chi connectivity index (χ4v) is 5.83. The molecule has 2 aliphatic rings. The van der Waals surface area contributed by atoms with Gasteiger partial charge in [-0.3, -0.25) is 10.1 Å². The van der Waals surface area contributed by atoms with Gasteiger partial charge in [-0.1, -0.05) is 13.0 Å². The van der Waals surface area contributed by atoms with E-state index in [-0.39, 0.29) is 5.69 Å². The molecule has 0 aromatic heterocycles. The second-order valence-corrected chi connectivity index (χ2v) is 10.9. The minimum Gasteiger partial charge on any atom is -0.390 e. The summed E-state index contributed by atoms with van der Waals surface area (Å²) in [4.78, 5) is 21.7. The molecule has 0 radical (unpaired) electrons. The molecule has 0 spiro atoms. The van der Waals surface area contributed by atoms with Crippen molar-refractivity contribution in [3.63, 3.8) is 0 Å². The molecule has 0 saturated heterocycles. The highest BCUT2D eigenvalue weighted by atomic mass is 32.2. The Kier molecular flexibility index (Phi) is 8.67. The molecule has 2 aliphatic carbocycles. The van der Waals surface area contributed by atoms with Crippen LogP contribution in [-0.4, -0.2) is 40.5 Å². The molecule has 3 rings (SSSR count). The average molecular weight is 452 g/mol. The van der Waals surface area contributed by atoms with E-state index < -0.39 is 16.1 Å². The maximum Gasteiger partial charge on any atom is 0.270 e. The normalized spacial score (nSPS) is 30.2. The van der Waals surface area contributed by atoms with Gasteiger partial charge in [0, 0.05) is 23.1 Å². The van der Waals surface area contributed by atoms with Crippen LogP contribution in [0.25, 0.3) is 0 Å². The zero-order valence-electron chi connectivity index (χ0n) is 19.5. The van der Waals surface area contributed by atoms with Gasteiger partial charge in [0.05, 0.1) is 16.1 Å². The maximum atomic E-state index is 10.7. The predicted octanol–water partition coefficient (Wildman–Crippen LogP) is 4.26. The molecule has 5 unspecified atom stereocenters. The van der Waals surface area contributed by atoms with Crippen molar-refractivity contribution in [1.29, 1.82) is 0 Å². The van der Waals surface area contributed by atoms with E-state index in [2.05, 4.69) is 24.0 Å². The highest BCUT2D eigenvalue weighted by Gasteiger charge is 2.44. The van der Waals surface area contributed by atoms with E-state index in [0.29, 0.717) is 12.0 Å². The van der Waals surface area contributed by atoms with E-state index in [9.17, 15) is 20.0 Å². The van der Waals surface area contributed by atoms with Crippen molar-refractivity contribution in [2.24, 2.45) is 17.8 Å². The van der Waals surface area contributed by atoms with Crippen LogP contribution in [0.1, 0.15) is 58.9 Å². The number of fused-ring (bicyclic) bond motifs is 2. The number of hydrogen-bond donors (Lipinski definition) is 3. The Balaban J connectivity index is 0.000000224. The van der Waals surface area contributed by atoms with Gasteiger partial charge >= 0.3 is 0 Å². The maximum absolute atomic E-state index is 10.7. The molecule has 3 N–H and O–H groups in total. The topological polar surface area (TPSA) is 104 Å². The van der Waals surface area contributed by atoms with Gasteiger partial charge in [0.15, 0.2) is 0 Å². The first-order valence-corrected chi connectivity index (χ1v) is 11.7. The van der Waals surface area contributed by atoms with Crippen molar-refractivity contribution < 1.29 is 14.8 Å². The summed E-state index contributed by atoms with van der Waals surface area (Å²) in [6.07, 6.45) is 5.42. The smallest absolute Gasteiger partial charge is 0.270 e. The van der Waals surface area contributed by atoms with Gasteiger partial charge in [-0.25, -0.2) is 4.72 Å². The Bertz CT molecular complexity index is 782. The summed E-state index contributed by atoms with van der Waals surface area (Å²) in [5, 5.41) is 24.2. The first kappa shape index (κ1) is 25.8. The number of carbonyl (C=O) groups excluding carboxylic acids is 1. The average Bonchev–Trinajstić information content (AvgIpc) is 2.66. The van der Waals surface area contributed by atoms with Crippen LogP contribution in [0.2, 0.25) is 0 Å². The van der Waals surface area contributed by atoms with Crippen LogP contribution in [-0.2, 0) is 4.79 Å². The molecule has 2 bridgehead atoms. The molecule has 1 aromatic rings. The Morgan fingerprint density at radius 1 is 1.32 bits per heavy atom. The fraction of sp³-hybridized carbons (Fsp3) is 0.696. The monoisotopic (exact) mass is 451 g/mol. The molecule has 7 nitrogen and oxygen atoms in total. The van der Waals surface area contributed by atoms with Crippen molar-refractivity contribution in [3.8, 4) is 0 Å². The van der Waals surface area contributed by atoms with Crippen LogP contribution < -0.4 is 10.0 Å². The molecule has 5 atom stereocenters. The van der Waals surface area contributed by atoms with Crippen LogP contribution in [0.4, 0.5) is 5.69 Å². The van der Waals surface area contributed by atoms with Gasteiger partial charge in [0.1, 0.15) is 6.29 Å². The summed E-state index contributed by atoms with van der Waals surface area (Å²) < 4.78 is 2.96. The highest BCUT2D eigenvalue weighted by molar-refractivity contribution is 7.97. The number of aldehydes is 1. The van der Waals surface area contributed by atoms with Crippen LogP contribution in [0.15, 0.2) is 23.1 Å². The molecule has 0 aliphatic heterocycles. The zero-order chi connectivity index (χ0) is 23.4. The lowest BCUT2D eigenvalue weighted by molar-refractivity contribution is -0.385. The number of rotatable bonds is 6. The van der Waals surface area contributed by atoms with Crippen LogP contribution in [0.3, 0.4) is 0 Å². The third-order valence-electron chi connectivity index (χ3n) is 6.33.